The van der Waals surface area contributed by atoms with Gasteiger partial charge in [0, 0.05) is 45.9 Å². The number of aromatic amines is 1. The first-order valence-electron chi connectivity index (χ1n) is 10.7. The minimum Gasteiger partial charge on any atom is -0.404 e. The predicted octanol–water partition coefficient (Wildman–Crippen LogP) is 3.19. The van der Waals surface area contributed by atoms with Gasteiger partial charge in [-0.2, -0.15) is 0 Å². The van der Waals surface area contributed by atoms with Crippen molar-refractivity contribution in [3.05, 3.63) is 118 Å². The summed E-state index contributed by atoms with van der Waals surface area (Å²) >= 11 is 0. The molecule has 0 bridgehead atoms. The molecule has 0 aliphatic rings. The monoisotopic (exact) mass is 542 g/mol. The molecule has 0 radical (unpaired) electrons. The molecule has 194 valence electrons. The number of nitrogens with two attached hydrogens (primary N) is 1. The van der Waals surface area contributed by atoms with E-state index in [0.29, 0.717) is 12.1 Å². The average Bonchev–Trinajstić information content (AvgIpc) is 3.24. The highest BCUT2D eigenvalue weighted by molar-refractivity contribution is 7.92. The van der Waals surface area contributed by atoms with Crippen LogP contribution in [0.15, 0.2) is 72.2 Å². The van der Waals surface area contributed by atoms with Gasteiger partial charge in [0.2, 0.25) is 5.78 Å². The van der Waals surface area contributed by atoms with Crippen LogP contribution in [0.2, 0.25) is 0 Å². The van der Waals surface area contributed by atoms with E-state index in [1.807, 2.05) is 4.72 Å². The lowest BCUT2D eigenvalue weighted by Gasteiger charge is -2.12. The molecule has 4 aromatic rings. The number of pyridine rings is 1. The molecule has 0 saturated heterocycles. The van der Waals surface area contributed by atoms with Crippen LogP contribution < -0.4 is 21.0 Å². The number of allylic oxidation sites excluding steroid dienone is 1. The minimum atomic E-state index is -4.48. The van der Waals surface area contributed by atoms with Crippen molar-refractivity contribution >= 4 is 39.7 Å². The Morgan fingerprint density at radius 1 is 1.05 bits per heavy atom. The van der Waals surface area contributed by atoms with Crippen molar-refractivity contribution in [2.45, 2.75) is 4.90 Å². The van der Waals surface area contributed by atoms with Gasteiger partial charge in [-0.3, -0.25) is 14.5 Å². The molecule has 2 aromatic heterocycles. The number of sulfonamides is 1. The van der Waals surface area contributed by atoms with Crippen molar-refractivity contribution in [1.82, 2.24) is 9.97 Å². The van der Waals surface area contributed by atoms with Crippen molar-refractivity contribution in [2.24, 2.45) is 5.73 Å². The Balaban J connectivity index is 1.79. The van der Waals surface area contributed by atoms with E-state index in [1.54, 1.807) is 0 Å². The van der Waals surface area contributed by atoms with Gasteiger partial charge >= 0.3 is 0 Å². The molecule has 0 fully saturated rings. The third-order valence-electron chi connectivity index (χ3n) is 5.48. The SMILES string of the molecule is C=c1[nH]cc(C(=O)c2c(F)ccc(NS(=O)(=O)c3cccc(F)c3)c2F)/c1=C/C(=C\N)c1ccncc1F. The summed E-state index contributed by atoms with van der Waals surface area (Å²) in [5.74, 6) is -5.47. The highest BCUT2D eigenvalue weighted by Gasteiger charge is 2.26. The summed E-state index contributed by atoms with van der Waals surface area (Å²) in [7, 11) is -4.48. The lowest BCUT2D eigenvalue weighted by Crippen LogP contribution is -2.27. The highest BCUT2D eigenvalue weighted by Crippen LogP contribution is 2.26. The Morgan fingerprint density at radius 3 is 2.50 bits per heavy atom. The van der Waals surface area contributed by atoms with Crippen LogP contribution >= 0.6 is 0 Å². The zero-order chi connectivity index (χ0) is 27.6. The van der Waals surface area contributed by atoms with E-state index >= 15 is 4.39 Å². The molecule has 0 spiro atoms. The Labute approximate surface area is 213 Å². The van der Waals surface area contributed by atoms with Crippen molar-refractivity contribution < 1.29 is 30.8 Å². The van der Waals surface area contributed by atoms with Crippen LogP contribution in [0.25, 0.3) is 18.2 Å². The first-order chi connectivity index (χ1) is 18.0. The van der Waals surface area contributed by atoms with E-state index in [2.05, 4.69) is 16.5 Å². The number of carbonyl (C=O) groups is 1. The molecule has 7 nitrogen and oxygen atoms in total. The maximum Gasteiger partial charge on any atom is 0.262 e. The fraction of sp³-hybridized carbons (Fsp3) is 0. The molecule has 0 amide bonds. The molecule has 0 aliphatic carbocycles. The minimum absolute atomic E-state index is 0.0487. The van der Waals surface area contributed by atoms with Crippen LogP contribution in [0.5, 0.6) is 0 Å². The van der Waals surface area contributed by atoms with Gasteiger partial charge in [0.05, 0.1) is 22.3 Å². The van der Waals surface area contributed by atoms with Crippen LogP contribution in [0.3, 0.4) is 0 Å². The predicted molar refractivity (Wildman–Crippen MR) is 133 cm³/mol. The van der Waals surface area contributed by atoms with E-state index < -0.39 is 55.2 Å². The molecular weight excluding hydrogens is 524 g/mol. The number of carbonyl (C=O) groups excluding carboxylic acids is 1. The highest BCUT2D eigenvalue weighted by atomic mass is 32.2. The Kier molecular flexibility index (Phi) is 7.17. The average molecular weight is 543 g/mol. The molecule has 38 heavy (non-hydrogen) atoms. The maximum absolute atomic E-state index is 15.4. The number of anilines is 1. The van der Waals surface area contributed by atoms with Gasteiger partial charge in [0.25, 0.3) is 10.0 Å². The largest absolute Gasteiger partial charge is 0.404 e. The van der Waals surface area contributed by atoms with Crippen molar-refractivity contribution in [2.75, 3.05) is 4.72 Å². The van der Waals surface area contributed by atoms with Crippen LogP contribution in [0, 0.1) is 23.3 Å². The zero-order valence-electron chi connectivity index (χ0n) is 19.3. The van der Waals surface area contributed by atoms with E-state index in [-0.39, 0.29) is 27.3 Å². The zero-order valence-corrected chi connectivity index (χ0v) is 20.1. The quantitative estimate of drug-likeness (QED) is 0.245. The van der Waals surface area contributed by atoms with Crippen molar-refractivity contribution in [3.63, 3.8) is 0 Å². The molecule has 12 heteroatoms. The summed E-state index contributed by atoms with van der Waals surface area (Å²) in [5.41, 5.74) is 3.79. The molecule has 2 aromatic carbocycles. The summed E-state index contributed by atoms with van der Waals surface area (Å²) < 4.78 is 85.1. The van der Waals surface area contributed by atoms with Crippen LogP contribution in [0.1, 0.15) is 21.5 Å². The molecule has 4 N–H and O–H groups in total. The smallest absolute Gasteiger partial charge is 0.262 e. The number of rotatable bonds is 7. The number of nitrogens with zero attached hydrogens (tertiary/aromatic N) is 1. The van der Waals surface area contributed by atoms with Gasteiger partial charge in [-0.15, -0.1) is 0 Å². The number of hydrogen-bond acceptors (Lipinski definition) is 5. The molecule has 0 atom stereocenters. The van der Waals surface area contributed by atoms with E-state index in [0.717, 1.165) is 42.9 Å². The number of hydrogen-bond donors (Lipinski definition) is 3. The van der Waals surface area contributed by atoms with Gasteiger partial charge in [-0.1, -0.05) is 12.6 Å². The van der Waals surface area contributed by atoms with Gasteiger partial charge in [-0.05, 0) is 42.5 Å². The molecule has 0 aliphatic heterocycles. The number of halogens is 4. The molecule has 0 saturated carbocycles. The van der Waals surface area contributed by atoms with Gasteiger partial charge < -0.3 is 10.7 Å². The Bertz CT molecular complexity index is 1820. The number of nitrogens with one attached hydrogen (secondary N) is 2. The molecular formula is C26H18F4N4O3S. The van der Waals surface area contributed by atoms with Crippen LogP contribution in [-0.4, -0.2) is 24.2 Å². The number of ketones is 1. The fourth-order valence-corrected chi connectivity index (χ4v) is 4.71. The van der Waals surface area contributed by atoms with Gasteiger partial charge in [-0.25, -0.2) is 26.0 Å². The maximum atomic E-state index is 15.4. The standard InChI is InChI=1S/C26H18F4N4O3S/c1-14-19(9-15(11-31)18-7-8-32-13-22(18)29)20(12-33-14)26(35)24-21(28)5-6-23(25(24)30)34-38(36,37)17-4-2-3-16(27)10-17/h2-13,33-34H,1,31H2/b15-11+,19-9+. The third-order valence-corrected chi connectivity index (χ3v) is 6.85. The van der Waals surface area contributed by atoms with Gasteiger partial charge in [0.15, 0.2) is 5.82 Å². The van der Waals surface area contributed by atoms with Crippen LogP contribution in [0.4, 0.5) is 23.2 Å². The Hall–Kier alpha value is -4.71. The third kappa shape index (κ3) is 5.06. The topological polar surface area (TPSA) is 118 Å². The van der Waals surface area contributed by atoms with Crippen LogP contribution in [-0.2, 0) is 10.0 Å². The lowest BCUT2D eigenvalue weighted by molar-refractivity contribution is 0.103. The second-order valence-corrected chi connectivity index (χ2v) is 9.57. The van der Waals surface area contributed by atoms with Crippen molar-refractivity contribution in [3.8, 4) is 0 Å². The van der Waals surface area contributed by atoms with Crippen molar-refractivity contribution in [1.29, 1.82) is 0 Å². The number of benzene rings is 2. The van der Waals surface area contributed by atoms with E-state index in [1.165, 1.54) is 18.3 Å². The lowest BCUT2D eigenvalue weighted by atomic mass is 10.00. The molecule has 0 unspecified atom stereocenters. The molecule has 4 rings (SSSR count). The summed E-state index contributed by atoms with van der Waals surface area (Å²) in [6, 6.07) is 6.78. The van der Waals surface area contributed by atoms with E-state index in [9.17, 15) is 26.4 Å². The Morgan fingerprint density at radius 2 is 1.82 bits per heavy atom. The first-order valence-corrected chi connectivity index (χ1v) is 12.2. The second-order valence-electron chi connectivity index (χ2n) is 7.89. The fourth-order valence-electron chi connectivity index (χ4n) is 3.62. The first kappa shape index (κ1) is 26.4. The van der Waals surface area contributed by atoms with Gasteiger partial charge in [0.1, 0.15) is 17.5 Å². The summed E-state index contributed by atoms with van der Waals surface area (Å²) in [6.45, 7) is 3.75. The second kappa shape index (κ2) is 10.3. The summed E-state index contributed by atoms with van der Waals surface area (Å²) in [5, 5.41) is 0.221. The normalized spacial score (nSPS) is 12.5. The summed E-state index contributed by atoms with van der Waals surface area (Å²) in [6.07, 6.45) is 5.81. The number of H-pyrrole nitrogens is 1. The molecule has 2 heterocycles. The number of aromatic nitrogens is 2. The summed E-state index contributed by atoms with van der Waals surface area (Å²) in [4.78, 5) is 19.1. The van der Waals surface area contributed by atoms with E-state index in [4.69, 9.17) is 5.73 Å².